The number of hydrogen-bond acceptors (Lipinski definition) is 3. The highest BCUT2D eigenvalue weighted by molar-refractivity contribution is 5.95. The number of primary amides is 1. The van der Waals surface area contributed by atoms with Crippen LogP contribution in [-0.2, 0) is 6.18 Å². The highest BCUT2D eigenvalue weighted by atomic mass is 19.4. The van der Waals surface area contributed by atoms with Crippen LogP contribution in [0.2, 0.25) is 0 Å². The Hall–Kier alpha value is -1.79. The number of halogens is 3. The van der Waals surface area contributed by atoms with Crippen molar-refractivity contribution in [3.8, 4) is 5.88 Å². The average Bonchev–Trinajstić information content (AvgIpc) is 2.30. The molecule has 2 rings (SSSR count). The quantitative estimate of drug-likeness (QED) is 0.906. The molecular weight excluding hydrogens is 273 g/mol. The van der Waals surface area contributed by atoms with Crippen molar-refractivity contribution in [2.75, 3.05) is 6.61 Å². The van der Waals surface area contributed by atoms with E-state index in [4.69, 9.17) is 10.5 Å². The van der Waals surface area contributed by atoms with E-state index in [0.717, 1.165) is 31.4 Å². The molecule has 1 aromatic heterocycles. The lowest BCUT2D eigenvalue weighted by Crippen LogP contribution is -2.19. The molecule has 1 saturated carbocycles. The fraction of sp³-hybridized carbons (Fsp3) is 0.538. The summed E-state index contributed by atoms with van der Waals surface area (Å²) in [6, 6.07) is 1.72. The largest absolute Gasteiger partial charge is 0.477 e. The molecule has 0 saturated heterocycles. The van der Waals surface area contributed by atoms with E-state index in [1.807, 2.05) is 0 Å². The van der Waals surface area contributed by atoms with Crippen LogP contribution in [0.1, 0.15) is 41.7 Å². The van der Waals surface area contributed by atoms with Gasteiger partial charge in [0.1, 0.15) is 11.3 Å². The van der Waals surface area contributed by atoms with Gasteiger partial charge in [0.05, 0.1) is 6.61 Å². The Bertz CT molecular complexity index is 499. The van der Waals surface area contributed by atoms with Crippen LogP contribution in [0.25, 0.3) is 0 Å². The number of pyridine rings is 1. The molecular formula is C13H15F3N2O2. The summed E-state index contributed by atoms with van der Waals surface area (Å²) in [4.78, 5) is 14.5. The fourth-order valence-corrected chi connectivity index (χ4v) is 2.00. The van der Waals surface area contributed by atoms with Gasteiger partial charge in [-0.05, 0) is 24.5 Å². The second kappa shape index (κ2) is 5.68. The molecule has 0 radical (unpaired) electrons. The van der Waals surface area contributed by atoms with Crippen LogP contribution in [-0.4, -0.2) is 17.5 Å². The Morgan fingerprint density at radius 2 is 2.10 bits per heavy atom. The Morgan fingerprint density at radius 3 is 2.60 bits per heavy atom. The Morgan fingerprint density at radius 1 is 1.40 bits per heavy atom. The van der Waals surface area contributed by atoms with Crippen molar-refractivity contribution >= 4 is 5.91 Å². The molecule has 0 bridgehead atoms. The number of hydrogen-bond donors (Lipinski definition) is 1. The topological polar surface area (TPSA) is 65.2 Å². The minimum Gasteiger partial charge on any atom is -0.477 e. The maximum absolute atomic E-state index is 12.6. The summed E-state index contributed by atoms with van der Waals surface area (Å²) < 4.78 is 43.0. The normalized spacial score (nSPS) is 15.8. The summed E-state index contributed by atoms with van der Waals surface area (Å²) in [6.07, 6.45) is -0.429. The zero-order chi connectivity index (χ0) is 14.8. The number of aromatic nitrogens is 1. The zero-order valence-electron chi connectivity index (χ0n) is 10.7. The second-order valence-corrected chi connectivity index (χ2v) is 4.85. The highest BCUT2D eigenvalue weighted by Gasteiger charge is 2.33. The van der Waals surface area contributed by atoms with Crippen molar-refractivity contribution in [2.24, 2.45) is 11.7 Å². The number of carbonyl (C=O) groups is 1. The molecule has 2 N–H and O–H groups in total. The van der Waals surface area contributed by atoms with E-state index in [0.29, 0.717) is 5.92 Å². The monoisotopic (exact) mass is 288 g/mol. The van der Waals surface area contributed by atoms with Gasteiger partial charge in [-0.3, -0.25) is 4.79 Å². The predicted molar refractivity (Wildman–Crippen MR) is 65.2 cm³/mol. The third-order valence-electron chi connectivity index (χ3n) is 3.41. The van der Waals surface area contributed by atoms with Crippen LogP contribution in [0.5, 0.6) is 5.88 Å². The average molecular weight is 288 g/mol. The molecule has 1 heterocycles. The third kappa shape index (κ3) is 3.40. The molecule has 1 aliphatic rings. The highest BCUT2D eigenvalue weighted by Crippen LogP contribution is 2.31. The maximum atomic E-state index is 12.6. The van der Waals surface area contributed by atoms with E-state index in [9.17, 15) is 18.0 Å². The van der Waals surface area contributed by atoms with E-state index < -0.39 is 17.8 Å². The van der Waals surface area contributed by atoms with E-state index in [1.54, 1.807) is 0 Å². The summed E-state index contributed by atoms with van der Waals surface area (Å²) in [7, 11) is 0. The summed E-state index contributed by atoms with van der Waals surface area (Å²) >= 11 is 0. The predicted octanol–water partition coefficient (Wildman–Crippen LogP) is 2.77. The molecule has 0 spiro atoms. The number of nitrogens with two attached hydrogens (primary N) is 1. The molecule has 0 atom stereocenters. The standard InChI is InChI=1S/C13H15F3N2O2/c14-13(15,16)10-5-4-9(11(17)19)12(18-10)20-7-6-8-2-1-3-8/h4-5,8H,1-3,6-7H2,(H2,17,19). The Balaban J connectivity index is 2.11. The number of carbonyl (C=O) groups excluding carboxylic acids is 1. The summed E-state index contributed by atoms with van der Waals surface area (Å²) in [5.74, 6) is -0.644. The fourth-order valence-electron chi connectivity index (χ4n) is 2.00. The molecule has 0 aromatic carbocycles. The summed E-state index contributed by atoms with van der Waals surface area (Å²) in [6.45, 7) is 0.235. The Kier molecular flexibility index (Phi) is 4.15. The van der Waals surface area contributed by atoms with E-state index in [1.165, 1.54) is 6.42 Å². The molecule has 0 aliphatic heterocycles. The van der Waals surface area contributed by atoms with Crippen molar-refractivity contribution in [3.63, 3.8) is 0 Å². The van der Waals surface area contributed by atoms with Gasteiger partial charge in [-0.25, -0.2) is 4.98 Å². The minimum absolute atomic E-state index is 0.133. The van der Waals surface area contributed by atoms with Gasteiger partial charge >= 0.3 is 6.18 Å². The molecule has 20 heavy (non-hydrogen) atoms. The molecule has 0 unspecified atom stereocenters. The molecule has 1 fully saturated rings. The SMILES string of the molecule is NC(=O)c1ccc(C(F)(F)F)nc1OCCC1CCC1. The molecule has 1 aliphatic carbocycles. The zero-order valence-corrected chi connectivity index (χ0v) is 10.7. The van der Waals surface area contributed by atoms with Crippen molar-refractivity contribution in [3.05, 3.63) is 23.4 Å². The van der Waals surface area contributed by atoms with E-state index >= 15 is 0 Å². The number of alkyl halides is 3. The van der Waals surface area contributed by atoms with Crippen LogP contribution in [0, 0.1) is 5.92 Å². The van der Waals surface area contributed by atoms with E-state index in [-0.39, 0.29) is 18.1 Å². The van der Waals surface area contributed by atoms with Crippen LogP contribution in [0.15, 0.2) is 12.1 Å². The Labute approximate surface area is 114 Å². The van der Waals surface area contributed by atoms with Crippen molar-refractivity contribution in [1.82, 2.24) is 4.98 Å². The lowest BCUT2D eigenvalue weighted by Gasteiger charge is -2.25. The van der Waals surface area contributed by atoms with Crippen molar-refractivity contribution in [2.45, 2.75) is 31.9 Å². The first-order chi connectivity index (χ1) is 9.38. The van der Waals surface area contributed by atoms with Gasteiger partial charge < -0.3 is 10.5 Å². The lowest BCUT2D eigenvalue weighted by atomic mass is 9.83. The number of amides is 1. The van der Waals surface area contributed by atoms with Crippen molar-refractivity contribution in [1.29, 1.82) is 0 Å². The maximum Gasteiger partial charge on any atom is 0.433 e. The van der Waals surface area contributed by atoms with Gasteiger partial charge in [0.25, 0.3) is 5.91 Å². The third-order valence-corrected chi connectivity index (χ3v) is 3.41. The molecule has 1 amide bonds. The number of rotatable bonds is 5. The smallest absolute Gasteiger partial charge is 0.433 e. The minimum atomic E-state index is -4.58. The lowest BCUT2D eigenvalue weighted by molar-refractivity contribution is -0.141. The van der Waals surface area contributed by atoms with Gasteiger partial charge in [-0.15, -0.1) is 0 Å². The molecule has 7 heteroatoms. The molecule has 110 valence electrons. The van der Waals surface area contributed by atoms with Crippen LogP contribution < -0.4 is 10.5 Å². The van der Waals surface area contributed by atoms with Crippen LogP contribution in [0.3, 0.4) is 0 Å². The first kappa shape index (κ1) is 14.6. The first-order valence-electron chi connectivity index (χ1n) is 6.39. The van der Waals surface area contributed by atoms with Gasteiger partial charge in [0, 0.05) is 0 Å². The van der Waals surface area contributed by atoms with Crippen LogP contribution >= 0.6 is 0 Å². The van der Waals surface area contributed by atoms with Gasteiger partial charge in [0.2, 0.25) is 5.88 Å². The number of ether oxygens (including phenoxy) is 1. The van der Waals surface area contributed by atoms with Gasteiger partial charge in [-0.2, -0.15) is 13.2 Å². The van der Waals surface area contributed by atoms with Gasteiger partial charge in [-0.1, -0.05) is 19.3 Å². The summed E-state index contributed by atoms with van der Waals surface area (Å²) in [5.41, 5.74) is 3.87. The van der Waals surface area contributed by atoms with E-state index in [2.05, 4.69) is 4.98 Å². The molecule has 4 nitrogen and oxygen atoms in total. The number of nitrogens with zero attached hydrogens (tertiary/aromatic N) is 1. The summed E-state index contributed by atoms with van der Waals surface area (Å²) in [5, 5.41) is 0. The molecule has 1 aromatic rings. The first-order valence-corrected chi connectivity index (χ1v) is 6.39. The second-order valence-electron chi connectivity index (χ2n) is 4.85. The van der Waals surface area contributed by atoms with Crippen LogP contribution in [0.4, 0.5) is 13.2 Å². The van der Waals surface area contributed by atoms with Gasteiger partial charge in [0.15, 0.2) is 0 Å². The van der Waals surface area contributed by atoms with Crippen molar-refractivity contribution < 1.29 is 22.7 Å².